The highest BCUT2D eigenvalue weighted by Crippen LogP contribution is 2.59. The molecular weight excluding hydrogens is 767 g/mol. The van der Waals surface area contributed by atoms with E-state index < -0.39 is 13.1 Å². The zero-order valence-electron chi connectivity index (χ0n) is 44.1. The van der Waals surface area contributed by atoms with Crippen molar-refractivity contribution in [3.63, 3.8) is 0 Å². The Morgan fingerprint density at radius 1 is 0.311 bits per heavy atom. The number of hydrogen-bond acceptors (Lipinski definition) is 9. The Kier molecular flexibility index (Phi) is 13.7. The molecule has 0 radical (unpaired) electrons. The minimum absolute atomic E-state index is 0.461. The molecule has 4 rings (SSSR count). The van der Waals surface area contributed by atoms with Gasteiger partial charge in [0, 0.05) is 183 Å². The van der Waals surface area contributed by atoms with E-state index >= 15 is 0 Å². The Balaban J connectivity index is 2.97. The van der Waals surface area contributed by atoms with Gasteiger partial charge in [0.05, 0.1) is 0 Å². The van der Waals surface area contributed by atoms with Gasteiger partial charge in [0.25, 0.3) is 0 Å². The standard InChI is InChI=1S/C51H85N9Si/c1-30-29-51(10,38(9)31(30)2)61(48-42(55(17)18)32(3)39(52(11)12)33(4)43(48)56(19)20,49-44(57(21)22)34(5)40(53(13)14)35(6)45(49)58(23)24)50-46(59(25)26)36(7)41(54(15)16)37(8)47(50)60(27)28/h29H,1-28H3. The molecule has 3 aromatic carbocycles. The largest absolute Gasteiger partial charge is 0.377 e. The molecule has 1 unspecified atom stereocenters. The Morgan fingerprint density at radius 2 is 0.492 bits per heavy atom. The first kappa shape index (κ1) is 49.2. The van der Waals surface area contributed by atoms with E-state index in [9.17, 15) is 0 Å². The molecule has 0 aromatic heterocycles. The highest BCUT2D eigenvalue weighted by molar-refractivity contribution is 7.18. The van der Waals surface area contributed by atoms with Gasteiger partial charge < -0.3 is 44.1 Å². The summed E-state index contributed by atoms with van der Waals surface area (Å²) in [4.78, 5) is 21.7. The summed E-state index contributed by atoms with van der Waals surface area (Å²) in [7, 11) is 36.9. The van der Waals surface area contributed by atoms with Crippen molar-refractivity contribution < 1.29 is 0 Å². The first-order chi connectivity index (χ1) is 27.9. The second kappa shape index (κ2) is 17.0. The van der Waals surface area contributed by atoms with Gasteiger partial charge in [-0.1, -0.05) is 24.1 Å². The molecule has 0 aliphatic heterocycles. The number of allylic oxidation sites excluding steroid dienone is 4. The normalized spacial score (nSPS) is 15.3. The number of nitrogens with zero attached hydrogens (tertiary/aromatic N) is 9. The molecular formula is C51H85N9Si. The second-order valence-corrected chi connectivity index (χ2v) is 24.1. The van der Waals surface area contributed by atoms with Crippen molar-refractivity contribution in [3.05, 3.63) is 56.2 Å². The summed E-state index contributed by atoms with van der Waals surface area (Å²) in [6, 6.07) is 0. The molecule has 0 bridgehead atoms. The van der Waals surface area contributed by atoms with E-state index in [4.69, 9.17) is 0 Å². The van der Waals surface area contributed by atoms with Crippen molar-refractivity contribution in [1.82, 2.24) is 0 Å². The lowest BCUT2D eigenvalue weighted by Crippen LogP contribution is -2.76. The first-order valence-corrected chi connectivity index (χ1v) is 23.9. The smallest absolute Gasteiger partial charge is 0.177 e. The second-order valence-electron chi connectivity index (χ2n) is 20.1. The summed E-state index contributed by atoms with van der Waals surface area (Å²) in [5.74, 6) is 0. The van der Waals surface area contributed by atoms with Crippen LogP contribution in [0.2, 0.25) is 5.04 Å². The molecule has 338 valence electrons. The van der Waals surface area contributed by atoms with E-state index in [0.717, 1.165) is 0 Å². The third-order valence-corrected chi connectivity index (χ3v) is 19.8. The van der Waals surface area contributed by atoms with Gasteiger partial charge in [0.2, 0.25) is 0 Å². The summed E-state index contributed by atoms with van der Waals surface area (Å²) in [6.07, 6.45) is 2.71. The van der Waals surface area contributed by atoms with Crippen LogP contribution in [0.1, 0.15) is 61.1 Å². The van der Waals surface area contributed by atoms with E-state index in [2.05, 4.69) is 246 Å². The summed E-state index contributed by atoms with van der Waals surface area (Å²) in [5.41, 5.74) is 23.7. The molecule has 3 aromatic rings. The van der Waals surface area contributed by atoms with E-state index in [1.807, 2.05) is 0 Å². The van der Waals surface area contributed by atoms with Gasteiger partial charge in [-0.3, -0.25) is 0 Å². The Morgan fingerprint density at radius 3 is 0.623 bits per heavy atom. The number of hydrogen-bond donors (Lipinski definition) is 0. The Bertz CT molecular complexity index is 1950. The SMILES string of the molecule is CC1=CC(C)([Si](c2c(N(C)C)c(C)c(N(C)C)c(C)c2N(C)C)(c2c(N(C)C)c(C)c(N(C)C)c(C)c2N(C)C)c2c(N(C)C)c(C)c(N(C)C)c(C)c2N(C)C)C(C)=C1C. The van der Waals surface area contributed by atoms with E-state index in [0.29, 0.717) is 0 Å². The summed E-state index contributed by atoms with van der Waals surface area (Å²) in [5, 5.41) is 3.90. The van der Waals surface area contributed by atoms with Gasteiger partial charge >= 0.3 is 0 Å². The topological polar surface area (TPSA) is 29.2 Å². The van der Waals surface area contributed by atoms with Crippen LogP contribution in [-0.4, -0.2) is 135 Å². The average Bonchev–Trinajstić information content (AvgIpc) is 3.29. The summed E-state index contributed by atoms with van der Waals surface area (Å²) >= 11 is 0. The first-order valence-electron chi connectivity index (χ1n) is 21.9. The van der Waals surface area contributed by atoms with Crippen LogP contribution in [0.3, 0.4) is 0 Å². The maximum absolute atomic E-state index is 3.71. The lowest BCUT2D eigenvalue weighted by molar-refractivity contribution is 0.867. The average molecular weight is 852 g/mol. The minimum atomic E-state index is -3.71. The van der Waals surface area contributed by atoms with Gasteiger partial charge in [0.1, 0.15) is 0 Å². The van der Waals surface area contributed by atoms with Crippen LogP contribution in [0.5, 0.6) is 0 Å². The maximum atomic E-state index is 2.71. The van der Waals surface area contributed by atoms with E-state index in [1.54, 1.807) is 0 Å². The van der Waals surface area contributed by atoms with Crippen LogP contribution in [0.4, 0.5) is 51.2 Å². The van der Waals surface area contributed by atoms with Crippen LogP contribution >= 0.6 is 0 Å². The molecule has 0 saturated heterocycles. The van der Waals surface area contributed by atoms with Crippen molar-refractivity contribution in [2.24, 2.45) is 0 Å². The van der Waals surface area contributed by atoms with Gasteiger partial charge in [-0.25, -0.2) is 0 Å². The third kappa shape index (κ3) is 7.12. The molecule has 0 spiro atoms. The fourth-order valence-electron chi connectivity index (χ4n) is 12.3. The van der Waals surface area contributed by atoms with E-state index in [-0.39, 0.29) is 0 Å². The minimum Gasteiger partial charge on any atom is -0.377 e. The monoisotopic (exact) mass is 852 g/mol. The van der Waals surface area contributed by atoms with Crippen LogP contribution in [0.25, 0.3) is 0 Å². The van der Waals surface area contributed by atoms with Crippen molar-refractivity contribution in [2.45, 2.75) is 74.3 Å². The number of anilines is 9. The van der Waals surface area contributed by atoms with Crippen molar-refractivity contribution in [2.75, 3.05) is 171 Å². The summed E-state index contributed by atoms with van der Waals surface area (Å²) in [6.45, 7) is 24.1. The van der Waals surface area contributed by atoms with Gasteiger partial charge in [-0.05, 0) is 117 Å². The molecule has 1 aliphatic carbocycles. The number of rotatable bonds is 13. The molecule has 0 heterocycles. The van der Waals surface area contributed by atoms with Crippen molar-refractivity contribution >= 4 is 74.8 Å². The predicted octanol–water partition coefficient (Wildman–Crippen LogP) is 7.66. The fourth-order valence-corrected chi connectivity index (χ4v) is 20.4. The molecule has 9 nitrogen and oxygen atoms in total. The third-order valence-electron chi connectivity index (χ3n) is 14.1. The zero-order chi connectivity index (χ0) is 47.0. The zero-order valence-corrected chi connectivity index (χ0v) is 45.1. The molecule has 0 N–H and O–H groups in total. The van der Waals surface area contributed by atoms with Crippen LogP contribution in [0, 0.1) is 41.5 Å². The van der Waals surface area contributed by atoms with Gasteiger partial charge in [0.15, 0.2) is 8.07 Å². The molecule has 1 aliphatic rings. The number of benzene rings is 3. The molecule has 0 fully saturated rings. The van der Waals surface area contributed by atoms with Crippen LogP contribution < -0.4 is 59.7 Å². The van der Waals surface area contributed by atoms with Crippen LogP contribution in [0.15, 0.2) is 22.8 Å². The van der Waals surface area contributed by atoms with E-state index in [1.165, 1.54) is 117 Å². The Hall–Kier alpha value is -4.44. The van der Waals surface area contributed by atoms with Crippen molar-refractivity contribution in [3.8, 4) is 0 Å². The molecule has 1 atom stereocenters. The Labute approximate surface area is 374 Å². The predicted molar refractivity (Wildman–Crippen MR) is 282 cm³/mol. The quantitative estimate of drug-likeness (QED) is 0.127. The maximum Gasteiger partial charge on any atom is 0.177 e. The van der Waals surface area contributed by atoms with Gasteiger partial charge in [-0.2, -0.15) is 0 Å². The van der Waals surface area contributed by atoms with Crippen molar-refractivity contribution in [1.29, 1.82) is 0 Å². The molecule has 0 amide bonds. The van der Waals surface area contributed by atoms with Crippen LogP contribution in [-0.2, 0) is 0 Å². The molecule has 0 saturated carbocycles. The molecule has 10 heteroatoms. The summed E-state index contributed by atoms with van der Waals surface area (Å²) < 4.78 is 0. The highest BCUT2D eigenvalue weighted by Gasteiger charge is 2.63. The fraction of sp³-hybridized carbons (Fsp3) is 0.569. The highest BCUT2D eigenvalue weighted by atomic mass is 28.3. The lowest BCUT2D eigenvalue weighted by atomic mass is 10.0. The molecule has 61 heavy (non-hydrogen) atoms. The lowest BCUT2D eigenvalue weighted by Gasteiger charge is -2.54. The van der Waals surface area contributed by atoms with Gasteiger partial charge in [-0.15, -0.1) is 0 Å².